The maximum absolute atomic E-state index is 12.1. The Morgan fingerprint density at radius 3 is 2.52 bits per heavy atom. The van der Waals surface area contributed by atoms with Crippen molar-refractivity contribution >= 4 is 5.97 Å². The van der Waals surface area contributed by atoms with Crippen LogP contribution in [0.2, 0.25) is 0 Å². The van der Waals surface area contributed by atoms with Crippen LogP contribution < -0.4 is 0 Å². The summed E-state index contributed by atoms with van der Waals surface area (Å²) in [6.07, 6.45) is 7.02. The SMILES string of the molecule is C[C@]12CC[C@H]3[C@@H](CC[C@@]4(O)C[C@H](O)CC[C@]34CO)[C@]1(O)CC[C@@H]2C1=CC(=O)OC1. The Kier molecular flexibility index (Phi) is 4.33. The van der Waals surface area contributed by atoms with E-state index < -0.39 is 22.7 Å². The van der Waals surface area contributed by atoms with Gasteiger partial charge in [-0.25, -0.2) is 4.79 Å². The third kappa shape index (κ3) is 2.40. The molecule has 4 fully saturated rings. The summed E-state index contributed by atoms with van der Waals surface area (Å²) < 4.78 is 5.17. The van der Waals surface area contributed by atoms with Crippen LogP contribution in [0, 0.1) is 28.6 Å². The number of aliphatic hydroxyl groups is 4. The number of ether oxygens (including phenoxy) is 1. The van der Waals surface area contributed by atoms with Crippen LogP contribution in [0.4, 0.5) is 0 Å². The lowest BCUT2D eigenvalue weighted by Gasteiger charge is -2.66. The van der Waals surface area contributed by atoms with Gasteiger partial charge in [-0.3, -0.25) is 0 Å². The van der Waals surface area contributed by atoms with E-state index in [0.29, 0.717) is 45.1 Å². The van der Waals surface area contributed by atoms with Gasteiger partial charge in [-0.2, -0.15) is 0 Å². The zero-order chi connectivity index (χ0) is 20.7. The number of hydrogen-bond acceptors (Lipinski definition) is 6. The molecule has 6 nitrogen and oxygen atoms in total. The second kappa shape index (κ2) is 6.28. The van der Waals surface area contributed by atoms with Gasteiger partial charge < -0.3 is 25.2 Å². The van der Waals surface area contributed by atoms with Crippen molar-refractivity contribution in [2.75, 3.05) is 13.2 Å². The number of esters is 1. The molecule has 0 unspecified atom stereocenters. The molecule has 5 rings (SSSR count). The first-order valence-electron chi connectivity index (χ1n) is 11.3. The van der Waals surface area contributed by atoms with E-state index in [-0.39, 0.29) is 35.7 Å². The number of fused-ring (bicyclic) bond motifs is 5. The lowest BCUT2D eigenvalue weighted by atomic mass is 9.41. The summed E-state index contributed by atoms with van der Waals surface area (Å²) in [5, 5.41) is 44.4. The maximum Gasteiger partial charge on any atom is 0.331 e. The first kappa shape index (κ1) is 20.0. The Bertz CT molecular complexity index is 750. The average Bonchev–Trinajstić information content (AvgIpc) is 3.21. The van der Waals surface area contributed by atoms with Crippen molar-refractivity contribution in [2.24, 2.45) is 28.6 Å². The topological polar surface area (TPSA) is 107 Å². The van der Waals surface area contributed by atoms with Crippen LogP contribution in [0.3, 0.4) is 0 Å². The smallest absolute Gasteiger partial charge is 0.331 e. The fourth-order valence-electron chi connectivity index (χ4n) is 8.52. The van der Waals surface area contributed by atoms with Gasteiger partial charge >= 0.3 is 5.97 Å². The molecule has 0 aromatic carbocycles. The van der Waals surface area contributed by atoms with Crippen molar-refractivity contribution in [2.45, 2.75) is 82.0 Å². The van der Waals surface area contributed by atoms with E-state index in [1.807, 2.05) is 0 Å². The maximum atomic E-state index is 12.1. The molecule has 0 saturated heterocycles. The zero-order valence-electron chi connectivity index (χ0n) is 17.3. The van der Waals surface area contributed by atoms with Gasteiger partial charge in [-0.05, 0) is 74.7 Å². The Labute approximate surface area is 172 Å². The van der Waals surface area contributed by atoms with Gasteiger partial charge in [0.2, 0.25) is 0 Å². The molecular formula is C23H34O6. The fraction of sp³-hybridized carbons (Fsp3) is 0.870. The van der Waals surface area contributed by atoms with Crippen LogP contribution in [-0.2, 0) is 9.53 Å². The van der Waals surface area contributed by atoms with E-state index in [9.17, 15) is 25.2 Å². The molecule has 1 heterocycles. The molecule has 0 spiro atoms. The molecule has 0 aromatic heterocycles. The summed E-state index contributed by atoms with van der Waals surface area (Å²) in [6, 6.07) is 0. The standard InChI is InChI=1S/C23H34O6/c1-20-6-3-17-18(4-8-22(27)11-15(25)2-7-21(17,22)13-24)23(20,28)9-5-16(20)14-10-19(26)29-12-14/h10,15-18,24-25,27-28H,2-9,11-13H2,1H3/t15-,16-,17+,18-,20-,21+,22-,23-/m1/s1. The third-order valence-corrected chi connectivity index (χ3v) is 10.1. The molecular weight excluding hydrogens is 372 g/mol. The summed E-state index contributed by atoms with van der Waals surface area (Å²) in [7, 11) is 0. The molecule has 29 heavy (non-hydrogen) atoms. The monoisotopic (exact) mass is 406 g/mol. The van der Waals surface area contributed by atoms with E-state index in [4.69, 9.17) is 4.74 Å². The first-order valence-corrected chi connectivity index (χ1v) is 11.3. The Morgan fingerprint density at radius 2 is 1.83 bits per heavy atom. The summed E-state index contributed by atoms with van der Waals surface area (Å²) in [5.41, 5.74) is -1.88. The van der Waals surface area contributed by atoms with Gasteiger partial charge in [-0.15, -0.1) is 0 Å². The molecule has 4 aliphatic carbocycles. The molecule has 162 valence electrons. The normalized spacial score (nSPS) is 54.2. The second-order valence-electron chi connectivity index (χ2n) is 10.8. The predicted octanol–water partition coefficient (Wildman–Crippen LogP) is 1.69. The fourth-order valence-corrected chi connectivity index (χ4v) is 8.52. The lowest BCUT2D eigenvalue weighted by molar-refractivity contribution is -0.269. The van der Waals surface area contributed by atoms with Crippen LogP contribution >= 0.6 is 0 Å². The molecule has 5 aliphatic rings. The Morgan fingerprint density at radius 1 is 1.07 bits per heavy atom. The van der Waals surface area contributed by atoms with Gasteiger partial charge in [0.15, 0.2) is 0 Å². The van der Waals surface area contributed by atoms with Crippen molar-refractivity contribution in [3.63, 3.8) is 0 Å². The summed E-state index contributed by atoms with van der Waals surface area (Å²) in [4.78, 5) is 11.6. The number of rotatable bonds is 2. The van der Waals surface area contributed by atoms with Gasteiger partial charge in [-0.1, -0.05) is 6.92 Å². The molecule has 4 N–H and O–H groups in total. The molecule has 0 radical (unpaired) electrons. The van der Waals surface area contributed by atoms with Crippen LogP contribution in [0.5, 0.6) is 0 Å². The quantitative estimate of drug-likeness (QED) is 0.520. The van der Waals surface area contributed by atoms with E-state index in [1.165, 1.54) is 0 Å². The van der Waals surface area contributed by atoms with Crippen molar-refractivity contribution in [1.82, 2.24) is 0 Å². The molecule has 0 bridgehead atoms. The van der Waals surface area contributed by atoms with E-state index in [0.717, 1.165) is 24.8 Å². The van der Waals surface area contributed by atoms with Crippen molar-refractivity contribution in [3.8, 4) is 0 Å². The highest BCUT2D eigenvalue weighted by atomic mass is 16.5. The van der Waals surface area contributed by atoms with Crippen LogP contribution in [-0.4, -0.2) is 56.9 Å². The zero-order valence-corrected chi connectivity index (χ0v) is 17.3. The lowest BCUT2D eigenvalue weighted by Crippen LogP contribution is -2.69. The van der Waals surface area contributed by atoms with Crippen molar-refractivity contribution < 1.29 is 30.0 Å². The number of carbonyl (C=O) groups is 1. The number of carbonyl (C=O) groups excluding carboxylic acids is 1. The highest BCUT2D eigenvalue weighted by Gasteiger charge is 2.71. The van der Waals surface area contributed by atoms with E-state index >= 15 is 0 Å². The molecule has 4 saturated carbocycles. The summed E-state index contributed by atoms with van der Waals surface area (Å²) in [6.45, 7) is 2.41. The molecule has 1 aliphatic heterocycles. The van der Waals surface area contributed by atoms with Crippen LogP contribution in [0.25, 0.3) is 0 Å². The summed E-state index contributed by atoms with van der Waals surface area (Å²) >= 11 is 0. The third-order valence-electron chi connectivity index (χ3n) is 10.1. The largest absolute Gasteiger partial charge is 0.458 e. The number of cyclic esters (lactones) is 1. The highest BCUT2D eigenvalue weighted by Crippen LogP contribution is 2.70. The second-order valence-corrected chi connectivity index (χ2v) is 10.8. The number of aliphatic hydroxyl groups excluding tert-OH is 2. The van der Waals surface area contributed by atoms with Crippen LogP contribution in [0.1, 0.15) is 64.7 Å². The number of hydrogen-bond donors (Lipinski definition) is 4. The average molecular weight is 407 g/mol. The molecule has 8 atom stereocenters. The minimum atomic E-state index is -1.06. The summed E-state index contributed by atoms with van der Waals surface area (Å²) in [5.74, 6) is -0.0760. The minimum absolute atomic E-state index is 0.0209. The molecule has 0 aromatic rings. The van der Waals surface area contributed by atoms with Gasteiger partial charge in [0.25, 0.3) is 0 Å². The Hall–Kier alpha value is -0.950. The predicted molar refractivity (Wildman–Crippen MR) is 105 cm³/mol. The van der Waals surface area contributed by atoms with Crippen molar-refractivity contribution in [3.05, 3.63) is 11.6 Å². The van der Waals surface area contributed by atoms with Gasteiger partial charge in [0.05, 0.1) is 23.9 Å². The highest BCUT2D eigenvalue weighted by molar-refractivity contribution is 5.85. The van der Waals surface area contributed by atoms with Gasteiger partial charge in [0, 0.05) is 23.3 Å². The van der Waals surface area contributed by atoms with Gasteiger partial charge in [0.1, 0.15) is 6.61 Å². The van der Waals surface area contributed by atoms with E-state index in [2.05, 4.69) is 6.92 Å². The van der Waals surface area contributed by atoms with Crippen molar-refractivity contribution in [1.29, 1.82) is 0 Å². The van der Waals surface area contributed by atoms with Crippen LogP contribution in [0.15, 0.2) is 11.6 Å². The minimum Gasteiger partial charge on any atom is -0.458 e. The molecule has 6 heteroatoms. The first-order chi connectivity index (χ1) is 13.7. The Balaban J connectivity index is 1.51. The molecule has 0 amide bonds. The van der Waals surface area contributed by atoms with E-state index in [1.54, 1.807) is 6.08 Å².